The number of rotatable bonds is 17. The number of amides is 1. The van der Waals surface area contributed by atoms with E-state index in [1.165, 1.54) is 12.1 Å². The van der Waals surface area contributed by atoms with E-state index in [9.17, 15) is 24.9 Å². The van der Waals surface area contributed by atoms with E-state index in [1.54, 1.807) is 12.1 Å². The van der Waals surface area contributed by atoms with Gasteiger partial charge in [-0.2, -0.15) is 0 Å². The van der Waals surface area contributed by atoms with Crippen molar-refractivity contribution < 1.29 is 24.9 Å². The Morgan fingerprint density at radius 3 is 2.36 bits per heavy atom. The molecule has 0 bridgehead atoms. The summed E-state index contributed by atoms with van der Waals surface area (Å²) < 4.78 is 6.05. The molecule has 9 nitrogen and oxygen atoms in total. The molecule has 0 radical (unpaired) electrons. The first-order valence-electron chi connectivity index (χ1n) is 16.3. The van der Waals surface area contributed by atoms with Crippen LogP contribution in [-0.2, 0) is 0 Å². The standard InChI is InChI=1S/C38H43N3O6/c42-33-20-18-30(32-19-21-35(44)40-37(32)33)34(43)25-39-22-8-4-2-1-3-5-9-23-47-28-15-10-14-27(24-28)36(41-38(45)46)31-17-11-13-26-12-6-7-16-29(26)31/h6-7,10-21,24,34,36,39,41-43H,1-5,8-9,22-23,25H2,(H,40,44)(H,45,46)/t34-,36?/m1/s1. The smallest absolute Gasteiger partial charge is 0.405 e. The normalized spacial score (nSPS) is 12.6. The Labute approximate surface area is 274 Å². The van der Waals surface area contributed by atoms with Gasteiger partial charge in [0.05, 0.1) is 24.3 Å². The molecule has 1 aromatic heterocycles. The minimum Gasteiger partial charge on any atom is -0.506 e. The van der Waals surface area contributed by atoms with Gasteiger partial charge in [-0.05, 0) is 71.1 Å². The van der Waals surface area contributed by atoms with Crippen molar-refractivity contribution in [2.24, 2.45) is 0 Å². The van der Waals surface area contributed by atoms with Gasteiger partial charge in [-0.25, -0.2) is 4.79 Å². The van der Waals surface area contributed by atoms with E-state index in [0.717, 1.165) is 79.1 Å². The highest BCUT2D eigenvalue weighted by atomic mass is 16.5. The molecule has 6 N–H and O–H groups in total. The third-order valence-corrected chi connectivity index (χ3v) is 8.46. The number of unbranched alkanes of at least 4 members (excludes halogenated alkanes) is 6. The number of aromatic nitrogens is 1. The number of hydrogen-bond acceptors (Lipinski definition) is 6. The number of aliphatic hydroxyl groups excluding tert-OH is 1. The summed E-state index contributed by atoms with van der Waals surface area (Å²) in [6, 6.07) is 27.2. The van der Waals surface area contributed by atoms with Crippen LogP contribution in [0.1, 0.15) is 73.8 Å². The van der Waals surface area contributed by atoms with Gasteiger partial charge in [-0.15, -0.1) is 0 Å². The number of benzene rings is 4. The number of pyridine rings is 1. The largest absolute Gasteiger partial charge is 0.506 e. The van der Waals surface area contributed by atoms with Crippen molar-refractivity contribution in [3.8, 4) is 11.5 Å². The lowest BCUT2D eigenvalue weighted by Crippen LogP contribution is -2.27. The number of phenolic OH excluding ortho intramolecular Hbond substituents is 1. The highest BCUT2D eigenvalue weighted by molar-refractivity contribution is 5.88. The summed E-state index contributed by atoms with van der Waals surface area (Å²) in [6.45, 7) is 1.80. The maximum Gasteiger partial charge on any atom is 0.405 e. The van der Waals surface area contributed by atoms with Crippen LogP contribution in [0.4, 0.5) is 4.79 Å². The molecule has 0 aliphatic carbocycles. The van der Waals surface area contributed by atoms with Crippen molar-refractivity contribution in [2.75, 3.05) is 19.7 Å². The fraction of sp³-hybridized carbons (Fsp3) is 0.316. The Bertz CT molecular complexity index is 1830. The summed E-state index contributed by atoms with van der Waals surface area (Å²) >= 11 is 0. The molecule has 0 saturated heterocycles. The average Bonchev–Trinajstić information content (AvgIpc) is 3.08. The molecule has 5 rings (SSSR count). The fourth-order valence-corrected chi connectivity index (χ4v) is 6.07. The highest BCUT2D eigenvalue weighted by Crippen LogP contribution is 2.31. The van der Waals surface area contributed by atoms with Crippen LogP contribution in [-0.4, -0.2) is 46.1 Å². The van der Waals surface area contributed by atoms with Gasteiger partial charge < -0.3 is 35.7 Å². The van der Waals surface area contributed by atoms with Crippen molar-refractivity contribution >= 4 is 27.8 Å². The maximum absolute atomic E-state index is 11.7. The molecule has 0 fully saturated rings. The number of phenols is 1. The van der Waals surface area contributed by atoms with Crippen LogP contribution in [0.2, 0.25) is 0 Å². The summed E-state index contributed by atoms with van der Waals surface area (Å²) in [5.74, 6) is 0.712. The highest BCUT2D eigenvalue weighted by Gasteiger charge is 2.19. The molecule has 0 aliphatic rings. The molecular formula is C38H43N3O6. The van der Waals surface area contributed by atoms with Gasteiger partial charge in [-0.1, -0.05) is 92.8 Å². The number of fused-ring (bicyclic) bond motifs is 2. The van der Waals surface area contributed by atoms with Crippen LogP contribution in [0, 0.1) is 0 Å². The van der Waals surface area contributed by atoms with E-state index in [2.05, 4.69) is 15.6 Å². The van der Waals surface area contributed by atoms with Crippen molar-refractivity contribution in [1.29, 1.82) is 0 Å². The van der Waals surface area contributed by atoms with Crippen LogP contribution in [0.25, 0.3) is 21.7 Å². The van der Waals surface area contributed by atoms with E-state index < -0.39 is 18.2 Å². The fourth-order valence-electron chi connectivity index (χ4n) is 6.07. The molecule has 0 spiro atoms. The Morgan fingerprint density at radius 2 is 1.53 bits per heavy atom. The Balaban J connectivity index is 0.977. The molecule has 47 heavy (non-hydrogen) atoms. The molecule has 1 unspecified atom stereocenters. The zero-order valence-electron chi connectivity index (χ0n) is 26.5. The minimum atomic E-state index is -1.08. The van der Waals surface area contributed by atoms with Crippen LogP contribution in [0.3, 0.4) is 0 Å². The Morgan fingerprint density at radius 1 is 0.787 bits per heavy atom. The van der Waals surface area contributed by atoms with Crippen molar-refractivity contribution in [2.45, 2.75) is 57.1 Å². The van der Waals surface area contributed by atoms with Gasteiger partial charge in [0.15, 0.2) is 0 Å². The van der Waals surface area contributed by atoms with E-state index in [4.69, 9.17) is 4.74 Å². The maximum atomic E-state index is 11.7. The number of aromatic hydroxyl groups is 1. The molecule has 0 aliphatic heterocycles. The number of ether oxygens (including phenoxy) is 1. The molecule has 1 heterocycles. The number of nitrogens with one attached hydrogen (secondary N) is 3. The minimum absolute atomic E-state index is 0.0159. The lowest BCUT2D eigenvalue weighted by Gasteiger charge is -2.20. The molecule has 1 amide bonds. The van der Waals surface area contributed by atoms with Gasteiger partial charge in [0, 0.05) is 18.0 Å². The number of aliphatic hydroxyl groups is 1. The number of carboxylic acid groups (broad SMARTS) is 1. The van der Waals surface area contributed by atoms with Crippen molar-refractivity contribution in [3.05, 3.63) is 118 Å². The first kappa shape index (κ1) is 33.5. The van der Waals surface area contributed by atoms with Gasteiger partial charge in [-0.3, -0.25) is 4.79 Å². The number of aromatic amines is 1. The summed E-state index contributed by atoms with van der Waals surface area (Å²) in [6.07, 6.45) is 5.77. The zero-order chi connectivity index (χ0) is 33.0. The molecule has 4 aromatic carbocycles. The van der Waals surface area contributed by atoms with Crippen LogP contribution in [0.5, 0.6) is 11.5 Å². The molecule has 246 valence electrons. The molecule has 5 aromatic rings. The first-order chi connectivity index (χ1) is 22.9. The monoisotopic (exact) mass is 637 g/mol. The van der Waals surface area contributed by atoms with E-state index in [1.807, 2.05) is 66.7 Å². The number of hydrogen-bond donors (Lipinski definition) is 6. The zero-order valence-corrected chi connectivity index (χ0v) is 26.5. The Kier molecular flexibility index (Phi) is 11.9. The number of carbonyl (C=O) groups is 1. The summed E-state index contributed by atoms with van der Waals surface area (Å²) in [7, 11) is 0. The second-order valence-electron chi connectivity index (χ2n) is 11.9. The lowest BCUT2D eigenvalue weighted by molar-refractivity contribution is 0.176. The van der Waals surface area contributed by atoms with Gasteiger partial charge in [0.1, 0.15) is 11.5 Å². The van der Waals surface area contributed by atoms with Crippen LogP contribution < -0.4 is 20.9 Å². The van der Waals surface area contributed by atoms with E-state index in [0.29, 0.717) is 29.6 Å². The first-order valence-corrected chi connectivity index (χ1v) is 16.3. The number of H-pyrrole nitrogens is 1. The molecule has 2 atom stereocenters. The average molecular weight is 638 g/mol. The third-order valence-electron chi connectivity index (χ3n) is 8.46. The van der Waals surface area contributed by atoms with Gasteiger partial charge in [0.25, 0.3) is 0 Å². The Hall–Kier alpha value is -4.86. The van der Waals surface area contributed by atoms with E-state index in [-0.39, 0.29) is 11.3 Å². The third kappa shape index (κ3) is 9.12. The van der Waals surface area contributed by atoms with Gasteiger partial charge in [0.2, 0.25) is 5.56 Å². The molecule has 0 saturated carbocycles. The predicted octanol–water partition coefficient (Wildman–Crippen LogP) is 7.18. The van der Waals surface area contributed by atoms with Crippen molar-refractivity contribution in [1.82, 2.24) is 15.6 Å². The second kappa shape index (κ2) is 16.6. The predicted molar refractivity (Wildman–Crippen MR) is 185 cm³/mol. The van der Waals surface area contributed by atoms with Crippen molar-refractivity contribution in [3.63, 3.8) is 0 Å². The quantitative estimate of drug-likeness (QED) is 0.0593. The second-order valence-corrected chi connectivity index (χ2v) is 11.9. The van der Waals surface area contributed by atoms with Crippen LogP contribution >= 0.6 is 0 Å². The summed E-state index contributed by atoms with van der Waals surface area (Å²) in [5, 5.41) is 39.0. The van der Waals surface area contributed by atoms with Crippen LogP contribution in [0.15, 0.2) is 95.8 Å². The lowest BCUT2D eigenvalue weighted by atomic mass is 9.93. The van der Waals surface area contributed by atoms with Gasteiger partial charge >= 0.3 is 6.09 Å². The molecule has 9 heteroatoms. The summed E-state index contributed by atoms with van der Waals surface area (Å²) in [4.78, 5) is 26.0. The van der Waals surface area contributed by atoms with E-state index >= 15 is 0 Å². The topological polar surface area (TPSA) is 144 Å². The summed E-state index contributed by atoms with van der Waals surface area (Å²) in [5.41, 5.74) is 2.44. The SMILES string of the molecule is O=C(O)NC(c1cccc(OCCCCCCCCCNC[C@@H](O)c2ccc(O)c3[nH]c(=O)ccc23)c1)c1cccc2ccccc12. The molecular weight excluding hydrogens is 594 g/mol.